The first kappa shape index (κ1) is 19.0. The highest BCUT2D eigenvalue weighted by atomic mass is 16.2. The molecule has 1 amide bonds. The van der Waals surface area contributed by atoms with Gasteiger partial charge in [-0.2, -0.15) is 0 Å². The maximum atomic E-state index is 12.7. The smallest absolute Gasteiger partial charge is 0.222 e. The molecule has 3 unspecified atom stereocenters. The Kier molecular flexibility index (Phi) is 7.29. The van der Waals surface area contributed by atoms with Crippen molar-refractivity contribution in [3.8, 4) is 0 Å². The monoisotopic (exact) mass is 330 g/mol. The lowest BCUT2D eigenvalue weighted by atomic mass is 9.85. The summed E-state index contributed by atoms with van der Waals surface area (Å²) < 4.78 is 0. The van der Waals surface area contributed by atoms with Crippen LogP contribution in [0.2, 0.25) is 0 Å². The normalized spacial score (nSPS) is 20.4. The number of hydrogen-bond donors (Lipinski definition) is 1. The van der Waals surface area contributed by atoms with E-state index in [-0.39, 0.29) is 6.04 Å². The first-order valence-corrected chi connectivity index (χ1v) is 9.53. The van der Waals surface area contributed by atoms with Crippen LogP contribution in [-0.2, 0) is 11.2 Å². The summed E-state index contributed by atoms with van der Waals surface area (Å²) >= 11 is 0. The van der Waals surface area contributed by atoms with E-state index in [1.807, 2.05) is 11.9 Å². The van der Waals surface area contributed by atoms with Crippen molar-refractivity contribution in [1.29, 1.82) is 0 Å². The molecule has 1 saturated heterocycles. The van der Waals surface area contributed by atoms with Gasteiger partial charge in [0.1, 0.15) is 0 Å². The lowest BCUT2D eigenvalue weighted by molar-refractivity contribution is -0.133. The van der Waals surface area contributed by atoms with Crippen LogP contribution in [0, 0.1) is 18.8 Å². The highest BCUT2D eigenvalue weighted by molar-refractivity contribution is 5.76. The van der Waals surface area contributed by atoms with E-state index in [1.165, 1.54) is 24.0 Å². The zero-order valence-corrected chi connectivity index (χ0v) is 15.8. The Morgan fingerprint density at radius 1 is 1.33 bits per heavy atom. The van der Waals surface area contributed by atoms with Crippen LogP contribution >= 0.6 is 0 Å². The van der Waals surface area contributed by atoms with Gasteiger partial charge < -0.3 is 10.2 Å². The third-order valence-corrected chi connectivity index (χ3v) is 5.64. The van der Waals surface area contributed by atoms with Gasteiger partial charge in [-0.1, -0.05) is 43.7 Å². The summed E-state index contributed by atoms with van der Waals surface area (Å²) in [5.74, 6) is 1.41. The van der Waals surface area contributed by atoms with E-state index in [0.717, 1.165) is 25.9 Å². The summed E-state index contributed by atoms with van der Waals surface area (Å²) in [6.45, 7) is 8.73. The molecule has 24 heavy (non-hydrogen) atoms. The van der Waals surface area contributed by atoms with Gasteiger partial charge in [0, 0.05) is 19.5 Å². The molecule has 0 radical (unpaired) electrons. The maximum absolute atomic E-state index is 12.7. The molecular weight excluding hydrogens is 296 g/mol. The van der Waals surface area contributed by atoms with Crippen molar-refractivity contribution in [2.75, 3.05) is 20.1 Å². The molecule has 0 spiro atoms. The molecule has 0 aromatic heterocycles. The van der Waals surface area contributed by atoms with Gasteiger partial charge in [0.25, 0.3) is 0 Å². The molecule has 0 aliphatic carbocycles. The number of piperidine rings is 1. The van der Waals surface area contributed by atoms with Gasteiger partial charge in [-0.25, -0.2) is 0 Å². The first-order chi connectivity index (χ1) is 11.5. The van der Waals surface area contributed by atoms with Crippen molar-refractivity contribution in [2.24, 2.45) is 11.8 Å². The molecule has 1 aromatic carbocycles. The summed E-state index contributed by atoms with van der Waals surface area (Å²) in [7, 11) is 1.98. The number of hydrogen-bond acceptors (Lipinski definition) is 2. The Morgan fingerprint density at radius 2 is 2.04 bits per heavy atom. The van der Waals surface area contributed by atoms with Gasteiger partial charge in [0.05, 0.1) is 0 Å². The van der Waals surface area contributed by atoms with Gasteiger partial charge in [-0.3, -0.25) is 4.79 Å². The Morgan fingerprint density at radius 3 is 2.62 bits per heavy atom. The largest absolute Gasteiger partial charge is 0.342 e. The second kappa shape index (κ2) is 9.22. The third-order valence-electron chi connectivity index (χ3n) is 5.64. The molecule has 1 fully saturated rings. The average Bonchev–Trinajstić information content (AvgIpc) is 2.61. The number of likely N-dealkylation sites (N-methyl/N-ethyl adjacent to an activating group) is 1. The predicted octanol–water partition coefficient (Wildman–Crippen LogP) is 3.80. The van der Waals surface area contributed by atoms with Gasteiger partial charge in [-0.05, 0) is 63.1 Å². The van der Waals surface area contributed by atoms with E-state index in [1.54, 1.807) is 0 Å². The Labute approximate surface area is 147 Å². The molecule has 134 valence electrons. The minimum absolute atomic E-state index is 0.289. The molecule has 0 saturated carbocycles. The van der Waals surface area contributed by atoms with Gasteiger partial charge in [0.15, 0.2) is 0 Å². The lowest BCUT2D eigenvalue weighted by Gasteiger charge is -2.32. The van der Waals surface area contributed by atoms with Crippen LogP contribution in [0.3, 0.4) is 0 Å². The number of carbonyl (C=O) groups is 1. The topological polar surface area (TPSA) is 32.3 Å². The van der Waals surface area contributed by atoms with Crippen LogP contribution in [0.15, 0.2) is 24.3 Å². The number of carbonyl (C=O) groups excluding carboxylic acids is 1. The highest BCUT2D eigenvalue weighted by Crippen LogP contribution is 2.24. The number of rotatable bonds is 7. The van der Waals surface area contributed by atoms with E-state index in [0.29, 0.717) is 24.2 Å². The summed E-state index contributed by atoms with van der Waals surface area (Å²) in [6.07, 6.45) is 5.11. The molecule has 3 atom stereocenters. The molecule has 1 aliphatic heterocycles. The molecule has 1 aromatic rings. The fraction of sp³-hybridized carbons (Fsp3) is 0.667. The predicted molar refractivity (Wildman–Crippen MR) is 101 cm³/mol. The Bertz CT molecular complexity index is 505. The van der Waals surface area contributed by atoms with Crippen molar-refractivity contribution in [2.45, 2.75) is 58.9 Å². The molecule has 1 N–H and O–H groups in total. The molecule has 3 heteroatoms. The van der Waals surface area contributed by atoms with Gasteiger partial charge >= 0.3 is 0 Å². The summed E-state index contributed by atoms with van der Waals surface area (Å²) in [5, 5.41) is 3.46. The Balaban J connectivity index is 1.90. The second-order valence-corrected chi connectivity index (χ2v) is 7.54. The maximum Gasteiger partial charge on any atom is 0.222 e. The van der Waals surface area contributed by atoms with Crippen molar-refractivity contribution in [3.05, 3.63) is 35.4 Å². The third kappa shape index (κ3) is 5.34. The zero-order valence-electron chi connectivity index (χ0n) is 15.8. The fourth-order valence-electron chi connectivity index (χ4n) is 3.71. The van der Waals surface area contributed by atoms with Crippen molar-refractivity contribution in [3.63, 3.8) is 0 Å². The molecule has 0 bridgehead atoms. The van der Waals surface area contributed by atoms with Crippen molar-refractivity contribution >= 4 is 5.91 Å². The van der Waals surface area contributed by atoms with E-state index in [4.69, 9.17) is 0 Å². The molecular formula is C21H34N2O. The number of aryl methyl sites for hydroxylation is 1. The number of nitrogens with one attached hydrogen (secondary N) is 1. The Hall–Kier alpha value is -1.35. The van der Waals surface area contributed by atoms with E-state index >= 15 is 0 Å². The quantitative estimate of drug-likeness (QED) is 0.825. The lowest BCUT2D eigenvalue weighted by Crippen LogP contribution is -2.40. The number of benzene rings is 1. The molecule has 1 aliphatic rings. The highest BCUT2D eigenvalue weighted by Gasteiger charge is 2.25. The number of nitrogens with zero attached hydrogens (tertiary/aromatic N) is 1. The minimum atomic E-state index is 0.289. The van der Waals surface area contributed by atoms with Gasteiger partial charge in [0.2, 0.25) is 5.91 Å². The van der Waals surface area contributed by atoms with Gasteiger partial charge in [-0.15, -0.1) is 0 Å². The fourth-order valence-corrected chi connectivity index (χ4v) is 3.71. The van der Waals surface area contributed by atoms with Crippen LogP contribution in [0.4, 0.5) is 0 Å². The first-order valence-electron chi connectivity index (χ1n) is 9.53. The van der Waals surface area contributed by atoms with E-state index < -0.39 is 0 Å². The average molecular weight is 331 g/mol. The number of amides is 1. The minimum Gasteiger partial charge on any atom is -0.342 e. The summed E-state index contributed by atoms with van der Waals surface area (Å²) in [5.41, 5.74) is 2.60. The van der Waals surface area contributed by atoms with Crippen LogP contribution in [0.1, 0.15) is 50.7 Å². The van der Waals surface area contributed by atoms with E-state index in [2.05, 4.69) is 50.4 Å². The molecule has 3 nitrogen and oxygen atoms in total. The molecule has 2 rings (SSSR count). The summed E-state index contributed by atoms with van der Waals surface area (Å²) in [4.78, 5) is 14.7. The van der Waals surface area contributed by atoms with Crippen molar-refractivity contribution < 1.29 is 4.79 Å². The van der Waals surface area contributed by atoms with Crippen LogP contribution in [0.5, 0.6) is 0 Å². The molecule has 1 heterocycles. The zero-order chi connectivity index (χ0) is 17.5. The SMILES string of the molecule is CCC(Cc1ccc(C)cc1)N(C)C(=O)CC(C)C1CCCNC1. The summed E-state index contributed by atoms with van der Waals surface area (Å²) in [6, 6.07) is 8.97. The van der Waals surface area contributed by atoms with Crippen LogP contribution in [-0.4, -0.2) is 37.0 Å². The van der Waals surface area contributed by atoms with Crippen molar-refractivity contribution in [1.82, 2.24) is 10.2 Å². The second-order valence-electron chi connectivity index (χ2n) is 7.54. The van der Waals surface area contributed by atoms with Crippen LogP contribution < -0.4 is 5.32 Å². The van der Waals surface area contributed by atoms with Crippen LogP contribution in [0.25, 0.3) is 0 Å². The standard InChI is InChI=1S/C21H34N2O/c1-5-20(14-18-10-8-16(2)9-11-18)23(4)21(24)13-17(3)19-7-6-12-22-15-19/h8-11,17,19-20,22H,5-7,12-15H2,1-4H3. The van der Waals surface area contributed by atoms with E-state index in [9.17, 15) is 4.79 Å².